The Bertz CT molecular complexity index is 1370. The number of nitrogens with zero attached hydrogens (tertiary/aromatic N) is 4. The number of piperidine rings is 1. The van der Waals surface area contributed by atoms with Gasteiger partial charge in [-0.15, -0.1) is 5.10 Å². The van der Waals surface area contributed by atoms with E-state index in [4.69, 9.17) is 5.11 Å². The molecular formula is C30H36N6O4. The summed E-state index contributed by atoms with van der Waals surface area (Å²) in [6.07, 6.45) is 8.43. The largest absolute Gasteiger partial charge is 0.396 e. The summed E-state index contributed by atoms with van der Waals surface area (Å²) in [5.41, 5.74) is 1.17. The van der Waals surface area contributed by atoms with Crippen molar-refractivity contribution in [2.75, 3.05) is 29.9 Å². The summed E-state index contributed by atoms with van der Waals surface area (Å²) in [6.45, 7) is 3.98. The van der Waals surface area contributed by atoms with Crippen molar-refractivity contribution >= 4 is 28.9 Å². The zero-order valence-corrected chi connectivity index (χ0v) is 22.7. The number of rotatable bonds is 10. The van der Waals surface area contributed by atoms with Crippen molar-refractivity contribution in [3.8, 4) is 0 Å². The predicted octanol–water partition coefficient (Wildman–Crippen LogP) is 2.90. The number of hydrogen-bond donors (Lipinski definition) is 4. The number of carbonyl (C=O) groups is 2. The number of nitrogens with one attached hydrogen (secondary N) is 2. The van der Waals surface area contributed by atoms with Gasteiger partial charge in [-0.2, -0.15) is 0 Å². The minimum absolute atomic E-state index is 0.0212. The molecule has 3 aromatic rings. The highest BCUT2D eigenvalue weighted by atomic mass is 16.3. The minimum atomic E-state index is -1.82. The number of benzene rings is 2. The maximum absolute atomic E-state index is 13.9. The second-order valence-electron chi connectivity index (χ2n) is 10.5. The molecule has 10 nitrogen and oxygen atoms in total. The summed E-state index contributed by atoms with van der Waals surface area (Å²) in [4.78, 5) is 28.4. The van der Waals surface area contributed by atoms with E-state index < -0.39 is 17.4 Å². The zero-order valence-electron chi connectivity index (χ0n) is 22.7. The van der Waals surface area contributed by atoms with Gasteiger partial charge < -0.3 is 20.8 Å². The summed E-state index contributed by atoms with van der Waals surface area (Å²) in [6, 6.07) is 14.6. The molecule has 1 saturated heterocycles. The average Bonchev–Trinajstić information content (AvgIpc) is 3.52. The van der Waals surface area contributed by atoms with Crippen LogP contribution in [-0.2, 0) is 28.2 Å². The molecule has 2 amide bonds. The van der Waals surface area contributed by atoms with E-state index in [1.54, 1.807) is 34.0 Å². The molecule has 1 fully saturated rings. The van der Waals surface area contributed by atoms with E-state index in [2.05, 4.69) is 20.9 Å². The predicted molar refractivity (Wildman–Crippen MR) is 152 cm³/mol. The maximum atomic E-state index is 13.9. The Balaban J connectivity index is 1.39. The van der Waals surface area contributed by atoms with Crippen molar-refractivity contribution < 1.29 is 19.8 Å². The molecule has 2 aromatic carbocycles. The summed E-state index contributed by atoms with van der Waals surface area (Å²) in [5, 5.41) is 35.5. The van der Waals surface area contributed by atoms with Gasteiger partial charge in [0.1, 0.15) is 0 Å². The topological polar surface area (TPSA) is 133 Å². The van der Waals surface area contributed by atoms with Crippen LogP contribution in [-0.4, -0.2) is 56.7 Å². The number of allylic oxidation sites excluding steroid dienone is 1. The standard InChI is InChI=1S/C30H36N6O4/c1-21(8-5-6-16-35-20-24(14-17-37)33-34-35)30(40)26-18-23(32-28(38)22-9-7-15-31-19-22)12-13-27(26)36(29(30)39)25-10-3-2-4-11-25/h2-5,8,10-13,18,20-22,31,37,40H,6-7,9,14-17,19H2,1H3,(H,32,38)/b8-5+/t21-,22?,30+/m0/s1. The molecule has 3 atom stereocenters. The van der Waals surface area contributed by atoms with Gasteiger partial charge in [0.25, 0.3) is 5.91 Å². The third-order valence-electron chi connectivity index (χ3n) is 7.69. The van der Waals surface area contributed by atoms with Crippen LogP contribution < -0.4 is 15.5 Å². The minimum Gasteiger partial charge on any atom is -0.396 e. The molecular weight excluding hydrogens is 508 g/mol. The van der Waals surface area contributed by atoms with Crippen molar-refractivity contribution in [2.24, 2.45) is 11.8 Å². The molecule has 0 bridgehead atoms. The lowest BCUT2D eigenvalue weighted by Gasteiger charge is -2.28. The van der Waals surface area contributed by atoms with Crippen LogP contribution in [0, 0.1) is 11.8 Å². The molecule has 1 unspecified atom stereocenters. The van der Waals surface area contributed by atoms with Crippen molar-refractivity contribution in [3.05, 3.63) is 78.1 Å². The van der Waals surface area contributed by atoms with Gasteiger partial charge in [0, 0.05) is 55.2 Å². The fraction of sp³-hybridized carbons (Fsp3) is 0.400. The number of amides is 2. The van der Waals surface area contributed by atoms with Gasteiger partial charge in [-0.25, -0.2) is 0 Å². The molecule has 0 spiro atoms. The Morgan fingerprint density at radius 2 is 2.10 bits per heavy atom. The van der Waals surface area contributed by atoms with E-state index in [1.165, 1.54) is 0 Å². The molecule has 10 heteroatoms. The normalized spacial score (nSPS) is 21.5. The third kappa shape index (κ3) is 5.56. The van der Waals surface area contributed by atoms with Gasteiger partial charge in [-0.3, -0.25) is 19.2 Å². The first-order chi connectivity index (χ1) is 19.4. The first-order valence-corrected chi connectivity index (χ1v) is 13.9. The summed E-state index contributed by atoms with van der Waals surface area (Å²) in [5.74, 6) is -1.17. The molecule has 0 radical (unpaired) electrons. The second-order valence-corrected chi connectivity index (χ2v) is 10.5. The molecule has 2 aliphatic rings. The number of anilines is 3. The number of carbonyl (C=O) groups excluding carboxylic acids is 2. The van der Waals surface area contributed by atoms with Crippen LogP contribution in [0.1, 0.15) is 37.4 Å². The Morgan fingerprint density at radius 3 is 2.85 bits per heavy atom. The average molecular weight is 545 g/mol. The molecule has 0 aliphatic carbocycles. The van der Waals surface area contributed by atoms with Crippen LogP contribution in [0.3, 0.4) is 0 Å². The Hall–Kier alpha value is -3.86. The molecule has 5 rings (SSSR count). The summed E-state index contributed by atoms with van der Waals surface area (Å²) >= 11 is 0. The van der Waals surface area contributed by atoms with Gasteiger partial charge in [-0.05, 0) is 56.1 Å². The molecule has 210 valence electrons. The van der Waals surface area contributed by atoms with Crippen LogP contribution in [0.25, 0.3) is 0 Å². The van der Waals surface area contributed by atoms with E-state index in [0.29, 0.717) is 48.6 Å². The molecule has 40 heavy (non-hydrogen) atoms. The smallest absolute Gasteiger partial charge is 0.268 e. The van der Waals surface area contributed by atoms with Crippen LogP contribution in [0.15, 0.2) is 66.9 Å². The lowest BCUT2D eigenvalue weighted by molar-refractivity contribution is -0.138. The monoisotopic (exact) mass is 544 g/mol. The van der Waals surface area contributed by atoms with E-state index in [9.17, 15) is 14.7 Å². The van der Waals surface area contributed by atoms with Crippen molar-refractivity contribution in [1.82, 2.24) is 20.3 Å². The van der Waals surface area contributed by atoms with Crippen molar-refractivity contribution in [2.45, 2.75) is 44.8 Å². The van der Waals surface area contributed by atoms with E-state index in [-0.39, 0.29) is 18.4 Å². The summed E-state index contributed by atoms with van der Waals surface area (Å²) < 4.78 is 1.71. The third-order valence-corrected chi connectivity index (χ3v) is 7.69. The lowest BCUT2D eigenvalue weighted by Crippen LogP contribution is -2.42. The van der Waals surface area contributed by atoms with Crippen molar-refractivity contribution in [1.29, 1.82) is 0 Å². The zero-order chi connectivity index (χ0) is 28.1. The lowest BCUT2D eigenvalue weighted by atomic mass is 9.82. The first-order valence-electron chi connectivity index (χ1n) is 13.9. The van der Waals surface area contributed by atoms with Crippen LogP contribution in [0.4, 0.5) is 17.1 Å². The highest BCUT2D eigenvalue weighted by molar-refractivity contribution is 6.12. The van der Waals surface area contributed by atoms with Gasteiger partial charge >= 0.3 is 0 Å². The van der Waals surface area contributed by atoms with Crippen molar-refractivity contribution in [3.63, 3.8) is 0 Å². The first kappa shape index (κ1) is 27.7. The highest BCUT2D eigenvalue weighted by Crippen LogP contribution is 2.49. The Morgan fingerprint density at radius 1 is 1.27 bits per heavy atom. The molecule has 0 saturated carbocycles. The quantitative estimate of drug-likeness (QED) is 0.289. The Labute approximate surface area is 233 Å². The van der Waals surface area contributed by atoms with Gasteiger partial charge in [-0.1, -0.05) is 42.5 Å². The fourth-order valence-electron chi connectivity index (χ4n) is 5.43. The van der Waals surface area contributed by atoms with Gasteiger partial charge in [0.2, 0.25) is 5.91 Å². The molecule has 4 N–H and O–H groups in total. The fourth-order valence-corrected chi connectivity index (χ4v) is 5.43. The molecule has 3 heterocycles. The van der Waals surface area contributed by atoms with E-state index in [1.807, 2.05) is 49.4 Å². The van der Waals surface area contributed by atoms with E-state index >= 15 is 0 Å². The number of hydrogen-bond acceptors (Lipinski definition) is 7. The maximum Gasteiger partial charge on any atom is 0.268 e. The number of para-hydroxylation sites is 1. The second kappa shape index (κ2) is 12.1. The number of fused-ring (bicyclic) bond motifs is 1. The Kier molecular flexibility index (Phi) is 8.39. The SMILES string of the molecule is C[C@@H](/C=C/CCn1cc(CCO)nn1)[C@]1(O)C(=O)N(c2ccccc2)c2ccc(NC(=O)C3CCCNC3)cc21. The number of aliphatic hydroxyl groups is 2. The van der Waals surface area contributed by atoms with E-state index in [0.717, 1.165) is 25.1 Å². The number of aryl methyl sites for hydroxylation is 1. The number of aromatic nitrogens is 3. The van der Waals surface area contributed by atoms with Gasteiger partial charge in [0.15, 0.2) is 5.60 Å². The van der Waals surface area contributed by atoms with Gasteiger partial charge in [0.05, 0.1) is 17.3 Å². The van der Waals surface area contributed by atoms with Crippen LogP contribution in [0.5, 0.6) is 0 Å². The summed E-state index contributed by atoms with van der Waals surface area (Å²) in [7, 11) is 0. The molecule has 2 aliphatic heterocycles. The molecule has 1 aromatic heterocycles. The van der Waals surface area contributed by atoms with Crippen LogP contribution in [0.2, 0.25) is 0 Å². The number of aliphatic hydroxyl groups excluding tert-OH is 1. The van der Waals surface area contributed by atoms with Crippen LogP contribution >= 0.6 is 0 Å². The highest BCUT2D eigenvalue weighted by Gasteiger charge is 2.53.